The molecule has 3 nitrogen and oxygen atoms in total. The van der Waals surface area contributed by atoms with Gasteiger partial charge in [-0.15, -0.1) is 0 Å². The van der Waals surface area contributed by atoms with Crippen LogP contribution in [0, 0.1) is 0 Å². The summed E-state index contributed by atoms with van der Waals surface area (Å²) in [5.74, 6) is -0.301. The molecule has 1 aliphatic carbocycles. The van der Waals surface area contributed by atoms with Crippen LogP contribution in [0.4, 0.5) is 11.4 Å². The summed E-state index contributed by atoms with van der Waals surface area (Å²) in [5, 5.41) is 0. The van der Waals surface area contributed by atoms with Crippen LogP contribution in [0.3, 0.4) is 0 Å². The van der Waals surface area contributed by atoms with E-state index < -0.39 is 0 Å². The van der Waals surface area contributed by atoms with Crippen molar-refractivity contribution < 1.29 is 9.59 Å². The lowest BCUT2D eigenvalue weighted by atomic mass is 9.91. The highest BCUT2D eigenvalue weighted by molar-refractivity contribution is 6.26. The van der Waals surface area contributed by atoms with Crippen molar-refractivity contribution in [2.45, 2.75) is 0 Å². The number of benzene rings is 3. The number of carbonyl (C=O) groups excluding carboxylic acids is 2. The van der Waals surface area contributed by atoms with Gasteiger partial charge in [0.15, 0.2) is 5.78 Å². The van der Waals surface area contributed by atoms with Gasteiger partial charge in [-0.05, 0) is 24.3 Å². The number of allylic oxidation sites excluding steroid dienone is 2. The molecule has 1 aliphatic rings. The SMILES string of the molecule is O=C1C=C(N(c2ccccc2)c2ccccc2)C(=O)c2ccccc21. The van der Waals surface area contributed by atoms with Gasteiger partial charge in [-0.3, -0.25) is 9.59 Å². The number of carbonyl (C=O) groups is 2. The van der Waals surface area contributed by atoms with E-state index in [1.807, 2.05) is 65.6 Å². The second-order valence-electron chi connectivity index (χ2n) is 5.78. The van der Waals surface area contributed by atoms with E-state index in [1.165, 1.54) is 6.08 Å². The molecule has 0 N–H and O–H groups in total. The summed E-state index contributed by atoms with van der Waals surface area (Å²) < 4.78 is 0. The van der Waals surface area contributed by atoms with Crippen LogP contribution in [0.25, 0.3) is 0 Å². The van der Waals surface area contributed by atoms with Crippen LogP contribution in [0.2, 0.25) is 0 Å². The van der Waals surface area contributed by atoms with Gasteiger partial charge < -0.3 is 4.90 Å². The predicted molar refractivity (Wildman–Crippen MR) is 98.2 cm³/mol. The molecule has 3 aromatic carbocycles. The van der Waals surface area contributed by atoms with Crippen molar-refractivity contribution in [3.63, 3.8) is 0 Å². The van der Waals surface area contributed by atoms with Crippen molar-refractivity contribution in [2.24, 2.45) is 0 Å². The average molecular weight is 325 g/mol. The zero-order valence-electron chi connectivity index (χ0n) is 13.4. The summed E-state index contributed by atoms with van der Waals surface area (Å²) in [6, 6.07) is 26.1. The Morgan fingerprint density at radius 3 is 1.60 bits per heavy atom. The van der Waals surface area contributed by atoms with Crippen LogP contribution in [-0.2, 0) is 0 Å². The molecule has 0 fully saturated rings. The van der Waals surface area contributed by atoms with Gasteiger partial charge in [0.05, 0.1) is 5.70 Å². The molecule has 0 amide bonds. The van der Waals surface area contributed by atoms with Gasteiger partial charge in [0, 0.05) is 28.6 Å². The van der Waals surface area contributed by atoms with Gasteiger partial charge >= 0.3 is 0 Å². The fourth-order valence-electron chi connectivity index (χ4n) is 3.05. The van der Waals surface area contributed by atoms with Gasteiger partial charge in [-0.2, -0.15) is 0 Å². The van der Waals surface area contributed by atoms with E-state index in [-0.39, 0.29) is 11.6 Å². The molecule has 0 aliphatic heterocycles. The highest BCUT2D eigenvalue weighted by Gasteiger charge is 2.30. The summed E-state index contributed by atoms with van der Waals surface area (Å²) in [6.07, 6.45) is 1.44. The summed E-state index contributed by atoms with van der Waals surface area (Å²) in [4.78, 5) is 27.5. The third kappa shape index (κ3) is 2.66. The van der Waals surface area contributed by atoms with E-state index in [0.717, 1.165) is 11.4 Å². The molecule has 0 unspecified atom stereocenters. The smallest absolute Gasteiger partial charge is 0.210 e. The van der Waals surface area contributed by atoms with E-state index in [4.69, 9.17) is 0 Å². The Morgan fingerprint density at radius 2 is 1.04 bits per heavy atom. The van der Waals surface area contributed by atoms with Gasteiger partial charge in [0.1, 0.15) is 0 Å². The lowest BCUT2D eigenvalue weighted by Crippen LogP contribution is -2.28. The van der Waals surface area contributed by atoms with Crippen molar-refractivity contribution in [3.8, 4) is 0 Å². The first-order valence-corrected chi connectivity index (χ1v) is 8.06. The van der Waals surface area contributed by atoms with Crippen LogP contribution in [0.15, 0.2) is 96.7 Å². The van der Waals surface area contributed by atoms with Crippen molar-refractivity contribution in [1.29, 1.82) is 0 Å². The number of hydrogen-bond acceptors (Lipinski definition) is 3. The molecular weight excluding hydrogens is 310 g/mol. The highest BCUT2D eigenvalue weighted by Crippen LogP contribution is 2.33. The van der Waals surface area contributed by atoms with Gasteiger partial charge in [-0.25, -0.2) is 0 Å². The number of rotatable bonds is 3. The number of ketones is 2. The second kappa shape index (κ2) is 6.21. The standard InChI is InChI=1S/C22H15NO2/c24-21-15-20(22(25)19-14-8-7-13-18(19)21)23(16-9-3-1-4-10-16)17-11-5-2-6-12-17/h1-15H. The molecule has 3 aromatic rings. The molecular formula is C22H15NO2. The maximum absolute atomic E-state index is 13.1. The molecule has 120 valence electrons. The monoisotopic (exact) mass is 325 g/mol. The van der Waals surface area contributed by atoms with Gasteiger partial charge in [0.25, 0.3) is 0 Å². The Hall–Kier alpha value is -3.46. The first-order valence-electron chi connectivity index (χ1n) is 8.06. The second-order valence-corrected chi connectivity index (χ2v) is 5.78. The molecule has 0 atom stereocenters. The Labute approximate surface area is 145 Å². The third-order valence-electron chi connectivity index (χ3n) is 4.21. The minimum absolute atomic E-state index is 0.150. The number of anilines is 2. The fourth-order valence-corrected chi connectivity index (χ4v) is 3.05. The van der Waals surface area contributed by atoms with Crippen LogP contribution in [0.5, 0.6) is 0 Å². The first kappa shape index (κ1) is 15.1. The molecule has 25 heavy (non-hydrogen) atoms. The average Bonchev–Trinajstić information content (AvgIpc) is 2.68. The first-order chi connectivity index (χ1) is 12.3. The molecule has 0 aromatic heterocycles. The van der Waals surface area contributed by atoms with E-state index in [9.17, 15) is 9.59 Å². The Balaban J connectivity index is 1.89. The zero-order chi connectivity index (χ0) is 17.2. The molecule has 0 spiro atoms. The Morgan fingerprint density at radius 1 is 0.560 bits per heavy atom. The summed E-state index contributed by atoms with van der Waals surface area (Å²) >= 11 is 0. The van der Waals surface area contributed by atoms with Crippen molar-refractivity contribution in [2.75, 3.05) is 4.90 Å². The van der Waals surface area contributed by atoms with Gasteiger partial charge in [0.2, 0.25) is 5.78 Å². The highest BCUT2D eigenvalue weighted by atomic mass is 16.1. The van der Waals surface area contributed by atoms with E-state index in [1.54, 1.807) is 24.3 Å². The normalized spacial score (nSPS) is 13.2. The van der Waals surface area contributed by atoms with Crippen LogP contribution < -0.4 is 4.90 Å². The molecule has 4 rings (SSSR count). The molecule has 0 bridgehead atoms. The van der Waals surface area contributed by atoms with E-state index >= 15 is 0 Å². The summed E-state index contributed by atoms with van der Waals surface area (Å²) in [5.41, 5.74) is 2.93. The summed E-state index contributed by atoms with van der Waals surface area (Å²) in [6.45, 7) is 0. The largest absolute Gasteiger partial charge is 0.307 e. The quantitative estimate of drug-likeness (QED) is 0.695. The van der Waals surface area contributed by atoms with Gasteiger partial charge in [-0.1, -0.05) is 60.7 Å². The minimum atomic E-state index is -0.151. The van der Waals surface area contributed by atoms with Crippen LogP contribution in [-0.4, -0.2) is 11.6 Å². The third-order valence-corrected chi connectivity index (χ3v) is 4.21. The maximum atomic E-state index is 13.1. The van der Waals surface area contributed by atoms with Crippen LogP contribution in [0.1, 0.15) is 20.7 Å². The van der Waals surface area contributed by atoms with Crippen LogP contribution >= 0.6 is 0 Å². The van der Waals surface area contributed by atoms with Crippen molar-refractivity contribution in [3.05, 3.63) is 108 Å². The van der Waals surface area contributed by atoms with E-state index in [0.29, 0.717) is 16.8 Å². The molecule has 0 saturated heterocycles. The summed E-state index contributed by atoms with van der Waals surface area (Å²) in [7, 11) is 0. The number of fused-ring (bicyclic) bond motifs is 1. The molecule has 0 radical (unpaired) electrons. The molecule has 0 saturated carbocycles. The molecule has 0 heterocycles. The predicted octanol–water partition coefficient (Wildman–Crippen LogP) is 4.79. The van der Waals surface area contributed by atoms with E-state index in [2.05, 4.69) is 0 Å². The number of hydrogen-bond donors (Lipinski definition) is 0. The number of Topliss-reactive ketones (excluding diaryl/α,β-unsaturated/α-hetero) is 1. The minimum Gasteiger partial charge on any atom is -0.307 e. The number of nitrogens with zero attached hydrogens (tertiary/aromatic N) is 1. The topological polar surface area (TPSA) is 37.4 Å². The zero-order valence-corrected chi connectivity index (χ0v) is 13.4. The lowest BCUT2D eigenvalue weighted by Gasteiger charge is -2.29. The fraction of sp³-hybridized carbons (Fsp3) is 0. The maximum Gasteiger partial charge on any atom is 0.210 e. The number of para-hydroxylation sites is 2. The Bertz CT molecular complexity index is 936. The Kier molecular flexibility index (Phi) is 3.75. The molecule has 3 heteroatoms. The van der Waals surface area contributed by atoms with Crippen molar-refractivity contribution in [1.82, 2.24) is 0 Å². The lowest BCUT2D eigenvalue weighted by molar-refractivity contribution is 0.0983. The van der Waals surface area contributed by atoms with Crippen molar-refractivity contribution >= 4 is 22.9 Å².